The Hall–Kier alpha value is -12.8. The minimum absolute atomic E-state index is 0. The number of pyridine rings is 8. The Labute approximate surface area is 843 Å². The van der Waals surface area contributed by atoms with Crippen molar-refractivity contribution in [2.75, 3.05) is 0 Å². The second-order valence-corrected chi connectivity index (χ2v) is 33.5. The van der Waals surface area contributed by atoms with Gasteiger partial charge in [-0.2, -0.15) is 121 Å². The van der Waals surface area contributed by atoms with Gasteiger partial charge in [0, 0.05) is 71.6 Å². The summed E-state index contributed by atoms with van der Waals surface area (Å²) in [6.07, 6.45) is 12.4. The number of fused-ring (bicyclic) bond motifs is 12. The third kappa shape index (κ3) is 19.7. The van der Waals surface area contributed by atoms with Crippen LogP contribution in [0.3, 0.4) is 0 Å². The largest absolute Gasteiger partial charge is 2.00 e. The Kier molecular flexibility index (Phi) is 27.7. The third-order valence-corrected chi connectivity index (χ3v) is 24.9. The van der Waals surface area contributed by atoms with Crippen molar-refractivity contribution in [1.82, 2.24) is 58.1 Å². The molecule has 0 saturated heterocycles. The average molecular weight is 2490 g/mol. The van der Waals surface area contributed by atoms with E-state index in [4.69, 9.17) is 5.48 Å². The molecule has 0 unspecified atom stereocenters. The van der Waals surface area contributed by atoms with Crippen LogP contribution in [-0.4, -0.2) is 58.1 Å². The molecule has 12 nitrogen and oxygen atoms in total. The number of hydrogen-bond donors (Lipinski definition) is 0. The van der Waals surface area contributed by atoms with Gasteiger partial charge in [-0.05, 0) is 165 Å². The van der Waals surface area contributed by atoms with Crippen LogP contribution in [-0.2, 0) is 84.3 Å². The average Bonchev–Trinajstić information content (AvgIpc) is 1.66. The molecule has 0 amide bonds. The molecule has 0 fully saturated rings. The Morgan fingerprint density at radius 3 is 0.818 bits per heavy atom. The van der Waals surface area contributed by atoms with Crippen LogP contribution in [0.4, 0.5) is 0 Å². The molecule has 0 N–H and O–H groups in total. The zero-order valence-corrected chi connectivity index (χ0v) is 81.6. The first-order chi connectivity index (χ1) is 65.1. The van der Waals surface area contributed by atoms with Crippen molar-refractivity contribution in [2.45, 2.75) is 39.7 Å². The van der Waals surface area contributed by atoms with Gasteiger partial charge in [0.25, 0.3) is 0 Å². The van der Waals surface area contributed by atoms with Gasteiger partial charge in [0.2, 0.25) is 0 Å². The van der Waals surface area contributed by atoms with E-state index in [1.54, 1.807) is 127 Å². The van der Waals surface area contributed by atoms with Gasteiger partial charge in [-0.1, -0.05) is 209 Å². The smallest absolute Gasteiger partial charge is 0.314 e. The van der Waals surface area contributed by atoms with Gasteiger partial charge in [-0.25, -0.2) is 84.4 Å². The summed E-state index contributed by atoms with van der Waals surface area (Å²) in [6, 6.07) is 144. The number of hydrogen-bond acceptors (Lipinski definition) is 12. The van der Waals surface area contributed by atoms with Crippen molar-refractivity contribution in [2.24, 2.45) is 0 Å². The van der Waals surface area contributed by atoms with E-state index in [2.05, 4.69) is 217 Å². The van der Waals surface area contributed by atoms with E-state index < -0.39 is 0 Å². The molecule has 0 bridgehead atoms. The molecule has 0 radical (unpaired) electrons. The van der Waals surface area contributed by atoms with Crippen molar-refractivity contribution in [3.8, 4) is 67.8 Å². The maximum Gasteiger partial charge on any atom is 2.00 e. The van der Waals surface area contributed by atoms with Gasteiger partial charge in [-0.3, -0.25) is 0 Å². The summed E-state index contributed by atoms with van der Waals surface area (Å²) in [6.45, 7) is 0. The first-order valence-corrected chi connectivity index (χ1v) is 44.3. The van der Waals surface area contributed by atoms with E-state index in [0.717, 1.165) is 177 Å². The molecule has 0 atom stereocenters. The molecule has 132 heavy (non-hydrogen) atoms. The van der Waals surface area contributed by atoms with E-state index in [1.807, 2.05) is 199 Å². The van der Waals surface area contributed by atoms with E-state index in [0.29, 0.717) is 35.6 Å². The molecule has 24 rings (SSSR count). The van der Waals surface area contributed by atoms with E-state index in [-0.39, 0.29) is 90.4 Å². The molecule has 0 aliphatic heterocycles. The monoisotopic (exact) mass is 2490 g/mol. The Balaban J connectivity index is 0.000000125. The fourth-order valence-corrected chi connectivity index (χ4v) is 18.8. The van der Waals surface area contributed by atoms with Gasteiger partial charge in [0.15, 0.2) is 0 Å². The number of aromatic nitrogens is 12. The van der Waals surface area contributed by atoms with E-state index in [1.165, 1.54) is 0 Å². The first kappa shape index (κ1) is 85.9. The van der Waals surface area contributed by atoms with Gasteiger partial charge in [-0.15, -0.1) is 48.5 Å². The molecule has 24 aromatic rings. The SMILES string of the molecule is [2H]c1ccc(-n2c3[c-]c(-c4[c-]c(Sc5ccccn5)ccc4)ccc3c3ccccc32)nc1.[2H]c1cccc(-n2c3[c-]c(-c4[c-]c(Sc5ccccn5)ccc4)ccc3c3ccccc32)n1.[2H]c1cccnc1-n1c2[c-]c(-c3[c-]c(Sc4ccccn4)ccc3)ccc2c2ccccc21.[2H]c1ccnc(-n2c3[c-]c(-c4[c-]c(Sc5ccccn5)ccc4)ccc3c3ccccc32)c1.[Pt+2].[Pt+2].[Pt+2].[Pt+2]. The number of nitrogens with zero attached hydrogens (tertiary/aromatic N) is 12. The van der Waals surface area contributed by atoms with E-state index in [9.17, 15) is 0 Å². The van der Waals surface area contributed by atoms with Crippen molar-refractivity contribution < 1.29 is 89.7 Å². The Morgan fingerprint density at radius 1 is 0.197 bits per heavy atom. The predicted molar refractivity (Wildman–Crippen MR) is 520 cm³/mol. The van der Waals surface area contributed by atoms with Crippen molar-refractivity contribution >= 4 is 134 Å². The standard InChI is InChI=1S/4C28H17N3S.4Pt/c4*1-2-11-25-23(10-1)24-15-14-21(19-26(24)31(25)27-12-3-5-16-29-27)20-8-7-9-22(18-20)32-28-13-4-6-17-30-28;;;;/h4*1-17H;;;;/q4*-2;4*+2/i16D;12D;5D;3D;;;;. The molecule has 0 aliphatic carbocycles. The second-order valence-electron chi connectivity index (χ2n) is 29.2. The van der Waals surface area contributed by atoms with Gasteiger partial charge in [0.1, 0.15) is 23.3 Å². The predicted octanol–water partition coefficient (Wildman–Crippen LogP) is 28.0. The van der Waals surface area contributed by atoms with Crippen LogP contribution < -0.4 is 0 Å². The van der Waals surface area contributed by atoms with Crippen LogP contribution in [0.2, 0.25) is 0 Å². The minimum Gasteiger partial charge on any atom is -0.314 e. The third-order valence-electron chi connectivity index (χ3n) is 21.3. The van der Waals surface area contributed by atoms with Gasteiger partial charge >= 0.3 is 84.3 Å². The van der Waals surface area contributed by atoms with Crippen LogP contribution >= 0.6 is 47.0 Å². The molecule has 12 aromatic heterocycles. The summed E-state index contributed by atoms with van der Waals surface area (Å²) in [5, 5.41) is 12.7. The maximum atomic E-state index is 8.44. The molecular formula is C112H68N12Pt4S4. The molecule has 20 heteroatoms. The minimum atomic E-state index is 0. The van der Waals surface area contributed by atoms with Crippen molar-refractivity contribution in [1.29, 1.82) is 0 Å². The quantitative estimate of drug-likeness (QED) is 0.0856. The van der Waals surface area contributed by atoms with Crippen LogP contribution in [0.5, 0.6) is 0 Å². The van der Waals surface area contributed by atoms with Crippen LogP contribution in [0.1, 0.15) is 5.48 Å². The van der Waals surface area contributed by atoms with Crippen molar-refractivity contribution in [3.63, 3.8) is 0 Å². The first-order valence-electron chi connectivity index (χ1n) is 43.1. The summed E-state index contributed by atoms with van der Waals surface area (Å²) >= 11 is 6.35. The molecule has 0 aliphatic rings. The summed E-state index contributed by atoms with van der Waals surface area (Å²) in [7, 11) is 0. The number of rotatable bonds is 16. The molecule has 12 aromatic carbocycles. The van der Waals surface area contributed by atoms with Crippen LogP contribution in [0.15, 0.2) is 453 Å². The van der Waals surface area contributed by atoms with E-state index >= 15 is 0 Å². The van der Waals surface area contributed by atoms with Crippen molar-refractivity contribution in [3.05, 3.63) is 462 Å². The Bertz CT molecular complexity index is 8150. The topological polar surface area (TPSA) is 123 Å². The summed E-state index contributed by atoms with van der Waals surface area (Å²) in [5.41, 5.74) is 15.6. The van der Waals surface area contributed by atoms with Gasteiger partial charge < -0.3 is 18.3 Å². The summed E-state index contributed by atoms with van der Waals surface area (Å²) < 4.78 is 40.6. The summed E-state index contributed by atoms with van der Waals surface area (Å²) in [4.78, 5) is 39.7. The second kappa shape index (κ2) is 42.6. The molecule has 640 valence electrons. The van der Waals surface area contributed by atoms with Crippen LogP contribution in [0.25, 0.3) is 155 Å². The molecule has 0 saturated carbocycles. The van der Waals surface area contributed by atoms with Crippen LogP contribution in [0, 0.1) is 48.5 Å². The summed E-state index contributed by atoms with van der Waals surface area (Å²) in [5.74, 6) is 2.80. The maximum absolute atomic E-state index is 8.44. The molecule has 0 spiro atoms. The number of para-hydroxylation sites is 4. The zero-order valence-electron chi connectivity index (χ0n) is 73.2. The Morgan fingerprint density at radius 2 is 0.485 bits per heavy atom. The number of benzene rings is 12. The van der Waals surface area contributed by atoms with Gasteiger partial charge in [0.05, 0.1) is 25.6 Å². The fraction of sp³-hybridized carbons (Fsp3) is 0. The zero-order chi connectivity index (χ0) is 88.8. The fourth-order valence-electron chi connectivity index (χ4n) is 15.6. The normalized spacial score (nSPS) is 11.3. The molecule has 12 heterocycles. The molecular weight excluding hydrogens is 2420 g/mol.